The summed E-state index contributed by atoms with van der Waals surface area (Å²) in [5, 5.41) is 14.4. The predicted octanol–water partition coefficient (Wildman–Crippen LogP) is 2.70. The summed E-state index contributed by atoms with van der Waals surface area (Å²) in [6.07, 6.45) is 1.24. The number of nitrogens with two attached hydrogens (primary N) is 2. The van der Waals surface area contributed by atoms with E-state index in [9.17, 15) is 18.0 Å². The van der Waals surface area contributed by atoms with Gasteiger partial charge in [0, 0.05) is 16.8 Å². The van der Waals surface area contributed by atoms with Gasteiger partial charge < -0.3 is 11.1 Å². The van der Waals surface area contributed by atoms with E-state index in [1.807, 2.05) is 29.6 Å². The number of hydrogen-bond donors (Lipinski definition) is 3. The fourth-order valence-corrected chi connectivity index (χ4v) is 5.21. The van der Waals surface area contributed by atoms with E-state index >= 15 is 0 Å². The molecule has 4 aromatic rings. The molecule has 0 radical (unpaired) electrons. The first-order valence-corrected chi connectivity index (χ1v) is 12.7. The Morgan fingerprint density at radius 1 is 1.06 bits per heavy atom. The van der Waals surface area contributed by atoms with Crippen LogP contribution in [0.5, 0.6) is 0 Å². The molecular weight excluding hydrogens is 474 g/mol. The van der Waals surface area contributed by atoms with Gasteiger partial charge in [0.2, 0.25) is 10.0 Å². The number of carbonyl (C=O) groups excluding carboxylic acids is 2. The van der Waals surface area contributed by atoms with Crippen molar-refractivity contribution in [2.24, 2.45) is 10.9 Å². The van der Waals surface area contributed by atoms with Gasteiger partial charge in [0.15, 0.2) is 5.69 Å². The third kappa shape index (κ3) is 3.89. The van der Waals surface area contributed by atoms with Crippen LogP contribution in [0, 0.1) is 0 Å². The molecule has 0 unspecified atom stereocenters. The molecule has 0 atom stereocenters. The van der Waals surface area contributed by atoms with Crippen molar-refractivity contribution in [2.45, 2.75) is 17.7 Å². The minimum absolute atomic E-state index is 0.0358. The summed E-state index contributed by atoms with van der Waals surface area (Å²) >= 11 is 1.35. The average Bonchev–Trinajstić information content (AvgIpc) is 3.47. The number of benzene rings is 2. The zero-order valence-electron chi connectivity index (χ0n) is 17.7. The maximum Gasteiger partial charge on any atom is 0.269 e. The molecule has 1 aliphatic carbocycles. The predicted molar refractivity (Wildman–Crippen MR) is 129 cm³/mol. The number of carbonyl (C=O) groups is 2. The van der Waals surface area contributed by atoms with Crippen LogP contribution in [0.3, 0.4) is 0 Å². The summed E-state index contributed by atoms with van der Waals surface area (Å²) in [5.74, 6) is -0.863. The van der Waals surface area contributed by atoms with E-state index in [1.54, 1.807) is 22.9 Å². The topological polar surface area (TPSA) is 150 Å². The van der Waals surface area contributed by atoms with Crippen LogP contribution in [0.2, 0.25) is 0 Å². The second kappa shape index (κ2) is 8.20. The normalized spacial score (nSPS) is 12.6. The highest BCUT2D eigenvalue weighted by Gasteiger charge is 2.28. The van der Waals surface area contributed by atoms with Crippen LogP contribution in [0.25, 0.3) is 16.9 Å². The molecule has 0 bridgehead atoms. The van der Waals surface area contributed by atoms with Crippen LogP contribution in [-0.4, -0.2) is 30.0 Å². The monoisotopic (exact) mass is 493 g/mol. The van der Waals surface area contributed by atoms with E-state index in [-0.39, 0.29) is 16.5 Å². The number of anilines is 1. The van der Waals surface area contributed by atoms with E-state index in [0.29, 0.717) is 40.4 Å². The van der Waals surface area contributed by atoms with Gasteiger partial charge in [-0.25, -0.2) is 18.2 Å². The van der Waals surface area contributed by atoms with Gasteiger partial charge in [-0.3, -0.25) is 9.59 Å². The third-order valence-electron chi connectivity index (χ3n) is 5.64. The lowest BCUT2D eigenvalue weighted by molar-refractivity contribution is 0.0992. The van der Waals surface area contributed by atoms with Crippen LogP contribution in [-0.2, 0) is 22.9 Å². The minimum atomic E-state index is -3.86. The van der Waals surface area contributed by atoms with Gasteiger partial charge in [0.05, 0.1) is 21.2 Å². The van der Waals surface area contributed by atoms with E-state index in [2.05, 4.69) is 10.4 Å². The molecule has 5 rings (SSSR count). The number of nitrogens with zero attached hydrogens (tertiary/aromatic N) is 2. The Morgan fingerprint density at radius 2 is 1.82 bits per heavy atom. The molecule has 172 valence electrons. The Balaban J connectivity index is 1.62. The summed E-state index contributed by atoms with van der Waals surface area (Å²) in [4.78, 5) is 25.3. The van der Waals surface area contributed by atoms with Crippen LogP contribution in [0.15, 0.2) is 64.9 Å². The van der Waals surface area contributed by atoms with Crippen molar-refractivity contribution >= 4 is 38.9 Å². The number of thiophene rings is 1. The van der Waals surface area contributed by atoms with E-state index in [1.165, 1.54) is 23.5 Å². The van der Waals surface area contributed by atoms with Crippen molar-refractivity contribution in [2.75, 3.05) is 5.32 Å². The van der Waals surface area contributed by atoms with Crippen molar-refractivity contribution in [3.8, 4) is 16.9 Å². The van der Waals surface area contributed by atoms with Crippen LogP contribution >= 0.6 is 11.3 Å². The van der Waals surface area contributed by atoms with Gasteiger partial charge in [-0.05, 0) is 66.2 Å². The molecule has 34 heavy (non-hydrogen) atoms. The number of aryl methyl sites for hydroxylation is 1. The first kappa shape index (κ1) is 22.0. The quantitative estimate of drug-likeness (QED) is 0.391. The molecule has 9 nitrogen and oxygen atoms in total. The molecule has 0 aliphatic heterocycles. The molecule has 2 aromatic carbocycles. The Morgan fingerprint density at radius 3 is 2.47 bits per heavy atom. The van der Waals surface area contributed by atoms with Crippen molar-refractivity contribution in [3.63, 3.8) is 0 Å². The number of primary amides is 1. The van der Waals surface area contributed by atoms with Gasteiger partial charge in [-0.15, -0.1) is 11.3 Å². The Labute approximate surface area is 199 Å². The number of fused-ring (bicyclic) bond motifs is 3. The Bertz CT molecular complexity index is 1540. The molecule has 2 heterocycles. The lowest BCUT2D eigenvalue weighted by atomic mass is 9.88. The van der Waals surface area contributed by atoms with Crippen molar-refractivity contribution in [1.82, 2.24) is 9.78 Å². The summed E-state index contributed by atoms with van der Waals surface area (Å²) in [6.45, 7) is 0. The molecule has 0 saturated carbocycles. The molecule has 0 spiro atoms. The molecule has 2 aromatic heterocycles. The maximum absolute atomic E-state index is 12.5. The van der Waals surface area contributed by atoms with Gasteiger partial charge in [0.25, 0.3) is 11.8 Å². The molecule has 2 amide bonds. The highest BCUT2D eigenvalue weighted by atomic mass is 32.2. The zero-order chi connectivity index (χ0) is 24.0. The number of nitrogens with one attached hydrogen (secondary N) is 1. The molecule has 0 saturated heterocycles. The second-order valence-corrected chi connectivity index (χ2v) is 10.3. The van der Waals surface area contributed by atoms with Crippen LogP contribution < -0.4 is 16.2 Å². The van der Waals surface area contributed by atoms with E-state index in [0.717, 1.165) is 11.1 Å². The van der Waals surface area contributed by atoms with Crippen LogP contribution in [0.4, 0.5) is 5.69 Å². The van der Waals surface area contributed by atoms with Gasteiger partial charge in [0.1, 0.15) is 0 Å². The summed E-state index contributed by atoms with van der Waals surface area (Å²) in [6, 6.07) is 15.1. The van der Waals surface area contributed by atoms with Crippen molar-refractivity contribution < 1.29 is 18.0 Å². The maximum atomic E-state index is 12.5. The smallest absolute Gasteiger partial charge is 0.269 e. The summed E-state index contributed by atoms with van der Waals surface area (Å²) in [7, 11) is -3.86. The second-order valence-electron chi connectivity index (χ2n) is 7.79. The largest absolute Gasteiger partial charge is 0.364 e. The molecule has 0 fully saturated rings. The lowest BCUT2D eigenvalue weighted by Gasteiger charge is -2.20. The SMILES string of the molecule is NC(=O)c1nn(-c2ccc(S(N)(=O)=O)cc2)c2c1CCc1ccc(NC(=O)c3cccs3)cc1-2. The van der Waals surface area contributed by atoms with Gasteiger partial charge in [-0.1, -0.05) is 12.1 Å². The highest BCUT2D eigenvalue weighted by Crippen LogP contribution is 2.38. The first-order chi connectivity index (χ1) is 16.2. The van der Waals surface area contributed by atoms with E-state index < -0.39 is 15.9 Å². The van der Waals surface area contributed by atoms with E-state index in [4.69, 9.17) is 10.9 Å². The van der Waals surface area contributed by atoms with Gasteiger partial charge in [-0.2, -0.15) is 5.10 Å². The molecular formula is C23H19N5O4S2. The number of amides is 2. The third-order valence-corrected chi connectivity index (χ3v) is 7.44. The summed E-state index contributed by atoms with van der Waals surface area (Å²) in [5.41, 5.74) is 10.1. The standard InChI is InChI=1S/C23H19N5O4S2/c24-22(29)20-17-10-4-13-3-5-14(26-23(30)19-2-1-11-33-19)12-18(13)21(17)28(27-20)15-6-8-16(9-7-15)34(25,31)32/h1-3,5-9,11-12H,4,10H2,(H2,24,29)(H,26,30)(H2,25,31,32). The molecule has 5 N–H and O–H groups in total. The van der Waals surface area contributed by atoms with Crippen LogP contribution in [0.1, 0.15) is 31.3 Å². The Kier molecular flexibility index (Phi) is 5.31. The fourth-order valence-electron chi connectivity index (χ4n) is 4.08. The van der Waals surface area contributed by atoms with Crippen molar-refractivity contribution in [1.29, 1.82) is 0 Å². The van der Waals surface area contributed by atoms with Gasteiger partial charge >= 0.3 is 0 Å². The number of rotatable bonds is 5. The first-order valence-electron chi connectivity index (χ1n) is 10.3. The molecule has 11 heteroatoms. The average molecular weight is 494 g/mol. The highest BCUT2D eigenvalue weighted by molar-refractivity contribution is 7.89. The number of sulfonamides is 1. The minimum Gasteiger partial charge on any atom is -0.364 e. The molecule has 1 aliphatic rings. The number of primary sulfonamides is 1. The number of aromatic nitrogens is 2. The zero-order valence-corrected chi connectivity index (χ0v) is 19.3. The fraction of sp³-hybridized carbons (Fsp3) is 0.0870. The van der Waals surface area contributed by atoms with Crippen molar-refractivity contribution in [3.05, 3.63) is 81.7 Å². The summed E-state index contributed by atoms with van der Waals surface area (Å²) < 4.78 is 24.9. The Hall–Kier alpha value is -3.80. The lowest BCUT2D eigenvalue weighted by Crippen LogP contribution is -2.15. The number of hydrogen-bond acceptors (Lipinski definition) is 6.